The van der Waals surface area contributed by atoms with Gasteiger partial charge < -0.3 is 15.8 Å². The van der Waals surface area contributed by atoms with E-state index >= 15 is 0 Å². The Hall–Kier alpha value is -1.59. The Morgan fingerprint density at radius 3 is 2.43 bits per heavy atom. The van der Waals surface area contributed by atoms with E-state index in [1.54, 1.807) is 7.11 Å². The van der Waals surface area contributed by atoms with E-state index in [4.69, 9.17) is 10.5 Å². The molecule has 1 amide bonds. The molecule has 0 fully saturated rings. The Bertz CT molecular complexity index is 432. The van der Waals surface area contributed by atoms with Gasteiger partial charge in [0.15, 0.2) is 0 Å². The van der Waals surface area contributed by atoms with Crippen molar-refractivity contribution in [1.82, 2.24) is 10.2 Å². The normalized spacial score (nSPS) is 12.7. The molecule has 0 aliphatic carbocycles. The number of ether oxygens (including phenoxy) is 1. The fraction of sp³-hybridized carbons (Fsp3) is 0.562. The Morgan fingerprint density at radius 1 is 1.29 bits per heavy atom. The first-order valence-corrected chi connectivity index (χ1v) is 7.32. The first-order chi connectivity index (χ1) is 9.95. The van der Waals surface area contributed by atoms with Gasteiger partial charge in [0.2, 0.25) is 5.91 Å². The fourth-order valence-corrected chi connectivity index (χ4v) is 2.18. The van der Waals surface area contributed by atoms with Gasteiger partial charge in [0.05, 0.1) is 12.6 Å². The molecule has 0 saturated heterocycles. The molecule has 0 aromatic heterocycles. The first-order valence-electron chi connectivity index (χ1n) is 7.32. The second-order valence-electron chi connectivity index (χ2n) is 5.47. The number of nitrogens with two attached hydrogens (primary N) is 1. The van der Waals surface area contributed by atoms with Crippen molar-refractivity contribution in [3.8, 4) is 0 Å². The zero-order chi connectivity index (χ0) is 15.8. The van der Waals surface area contributed by atoms with Crippen molar-refractivity contribution < 1.29 is 9.53 Å². The molecule has 0 radical (unpaired) electrons. The second-order valence-corrected chi connectivity index (χ2v) is 5.47. The largest absolute Gasteiger partial charge is 0.399 e. The van der Waals surface area contributed by atoms with Gasteiger partial charge in [-0.2, -0.15) is 0 Å². The van der Waals surface area contributed by atoms with Gasteiger partial charge in [-0.25, -0.2) is 0 Å². The molecule has 21 heavy (non-hydrogen) atoms. The third kappa shape index (κ3) is 5.73. The maximum Gasteiger partial charge on any atom is 0.237 e. The SMILES string of the molecule is COCCNC(=O)C(C)N(Cc1ccc(N)cc1)C(C)C. The summed E-state index contributed by atoms with van der Waals surface area (Å²) in [5, 5.41) is 2.89. The van der Waals surface area contributed by atoms with Crippen molar-refractivity contribution >= 4 is 11.6 Å². The highest BCUT2D eigenvalue weighted by atomic mass is 16.5. The molecule has 5 heteroatoms. The molecule has 3 N–H and O–H groups in total. The lowest BCUT2D eigenvalue weighted by atomic mass is 10.1. The molecule has 5 nitrogen and oxygen atoms in total. The zero-order valence-electron chi connectivity index (χ0n) is 13.4. The average Bonchev–Trinajstić information content (AvgIpc) is 2.45. The maximum atomic E-state index is 12.2. The molecule has 0 saturated carbocycles. The third-order valence-corrected chi connectivity index (χ3v) is 3.49. The van der Waals surface area contributed by atoms with E-state index in [0.29, 0.717) is 13.2 Å². The van der Waals surface area contributed by atoms with Crippen LogP contribution >= 0.6 is 0 Å². The van der Waals surface area contributed by atoms with E-state index in [1.807, 2.05) is 31.2 Å². The third-order valence-electron chi connectivity index (χ3n) is 3.49. The summed E-state index contributed by atoms with van der Waals surface area (Å²) < 4.78 is 4.95. The lowest BCUT2D eigenvalue weighted by Crippen LogP contribution is -2.48. The second kappa shape index (κ2) is 8.64. The first kappa shape index (κ1) is 17.5. The number of nitrogens with zero attached hydrogens (tertiary/aromatic N) is 1. The van der Waals surface area contributed by atoms with Crippen LogP contribution in [0.2, 0.25) is 0 Å². The molecule has 0 aliphatic rings. The number of methoxy groups -OCH3 is 1. The number of carbonyl (C=O) groups excluding carboxylic acids is 1. The van der Waals surface area contributed by atoms with Crippen LogP contribution in [-0.4, -0.2) is 43.2 Å². The standard InChI is InChI=1S/C16H27N3O2/c1-12(2)19(11-14-5-7-15(17)8-6-14)13(3)16(20)18-9-10-21-4/h5-8,12-13H,9-11,17H2,1-4H3,(H,18,20). The molecule has 1 aromatic carbocycles. The summed E-state index contributed by atoms with van der Waals surface area (Å²) in [7, 11) is 1.62. The van der Waals surface area contributed by atoms with Gasteiger partial charge >= 0.3 is 0 Å². The Balaban J connectivity index is 2.67. The van der Waals surface area contributed by atoms with Crippen molar-refractivity contribution in [2.45, 2.75) is 39.4 Å². The molecular formula is C16H27N3O2. The smallest absolute Gasteiger partial charge is 0.237 e. The van der Waals surface area contributed by atoms with Gasteiger partial charge in [0, 0.05) is 31.9 Å². The van der Waals surface area contributed by atoms with Crippen molar-refractivity contribution in [2.24, 2.45) is 0 Å². The van der Waals surface area contributed by atoms with Crippen LogP contribution < -0.4 is 11.1 Å². The van der Waals surface area contributed by atoms with Gasteiger partial charge in [0.1, 0.15) is 0 Å². The summed E-state index contributed by atoms with van der Waals surface area (Å²) >= 11 is 0. The highest BCUT2D eigenvalue weighted by Crippen LogP contribution is 2.14. The van der Waals surface area contributed by atoms with Gasteiger partial charge in [0.25, 0.3) is 0 Å². The van der Waals surface area contributed by atoms with E-state index in [-0.39, 0.29) is 18.0 Å². The number of anilines is 1. The van der Waals surface area contributed by atoms with Crippen LogP contribution in [0.4, 0.5) is 5.69 Å². The average molecular weight is 293 g/mol. The fourth-order valence-electron chi connectivity index (χ4n) is 2.18. The molecular weight excluding hydrogens is 266 g/mol. The van der Waals surface area contributed by atoms with Gasteiger partial charge in [-0.15, -0.1) is 0 Å². The van der Waals surface area contributed by atoms with Gasteiger partial charge in [-0.3, -0.25) is 9.69 Å². The molecule has 0 bridgehead atoms. The number of rotatable bonds is 8. The molecule has 1 aromatic rings. The Labute approximate surface area is 127 Å². The van der Waals surface area contributed by atoms with E-state index in [1.165, 1.54) is 0 Å². The number of nitrogen functional groups attached to an aromatic ring is 1. The molecule has 0 aliphatic heterocycles. The van der Waals surface area contributed by atoms with E-state index < -0.39 is 0 Å². The monoisotopic (exact) mass is 293 g/mol. The summed E-state index contributed by atoms with van der Waals surface area (Å²) in [5.41, 5.74) is 7.60. The Kier molecular flexibility index (Phi) is 7.19. The van der Waals surface area contributed by atoms with Crippen molar-refractivity contribution in [1.29, 1.82) is 0 Å². The van der Waals surface area contributed by atoms with Crippen LogP contribution in [0.5, 0.6) is 0 Å². The zero-order valence-corrected chi connectivity index (χ0v) is 13.4. The van der Waals surface area contributed by atoms with E-state index in [9.17, 15) is 4.79 Å². The van der Waals surface area contributed by atoms with Crippen molar-refractivity contribution in [3.63, 3.8) is 0 Å². The van der Waals surface area contributed by atoms with E-state index in [2.05, 4.69) is 24.1 Å². The van der Waals surface area contributed by atoms with Crippen LogP contribution in [0.25, 0.3) is 0 Å². The molecule has 1 atom stereocenters. The van der Waals surface area contributed by atoms with Crippen LogP contribution in [0.15, 0.2) is 24.3 Å². The van der Waals surface area contributed by atoms with Crippen LogP contribution in [-0.2, 0) is 16.1 Å². The van der Waals surface area contributed by atoms with E-state index in [0.717, 1.165) is 17.8 Å². The number of benzene rings is 1. The summed E-state index contributed by atoms with van der Waals surface area (Å²) in [6.07, 6.45) is 0. The lowest BCUT2D eigenvalue weighted by molar-refractivity contribution is -0.127. The van der Waals surface area contributed by atoms with Crippen LogP contribution in [0, 0.1) is 0 Å². The minimum Gasteiger partial charge on any atom is -0.399 e. The summed E-state index contributed by atoms with van der Waals surface area (Å²) in [5.74, 6) is 0.0243. The summed E-state index contributed by atoms with van der Waals surface area (Å²) in [6.45, 7) is 7.90. The van der Waals surface area contributed by atoms with Crippen LogP contribution in [0.1, 0.15) is 26.3 Å². The summed E-state index contributed by atoms with van der Waals surface area (Å²) in [6, 6.07) is 7.85. The number of amides is 1. The van der Waals surface area contributed by atoms with Crippen molar-refractivity contribution in [2.75, 3.05) is 26.0 Å². The Morgan fingerprint density at radius 2 is 1.90 bits per heavy atom. The quantitative estimate of drug-likeness (QED) is 0.565. The molecule has 1 unspecified atom stereocenters. The minimum absolute atomic E-state index is 0.0243. The highest BCUT2D eigenvalue weighted by molar-refractivity contribution is 5.81. The summed E-state index contributed by atoms with van der Waals surface area (Å²) in [4.78, 5) is 14.3. The minimum atomic E-state index is -0.195. The number of hydrogen-bond acceptors (Lipinski definition) is 4. The number of carbonyl (C=O) groups is 1. The molecule has 0 spiro atoms. The lowest BCUT2D eigenvalue weighted by Gasteiger charge is -2.32. The predicted molar refractivity (Wildman–Crippen MR) is 85.9 cm³/mol. The van der Waals surface area contributed by atoms with Gasteiger partial charge in [-0.1, -0.05) is 12.1 Å². The maximum absolute atomic E-state index is 12.2. The number of hydrogen-bond donors (Lipinski definition) is 2. The highest BCUT2D eigenvalue weighted by Gasteiger charge is 2.23. The van der Waals surface area contributed by atoms with Crippen molar-refractivity contribution in [3.05, 3.63) is 29.8 Å². The molecule has 1 rings (SSSR count). The predicted octanol–water partition coefficient (Wildman–Crippen LogP) is 1.63. The topological polar surface area (TPSA) is 67.6 Å². The van der Waals surface area contributed by atoms with Crippen LogP contribution in [0.3, 0.4) is 0 Å². The molecule has 118 valence electrons. The van der Waals surface area contributed by atoms with Gasteiger partial charge in [-0.05, 0) is 38.5 Å². The molecule has 0 heterocycles. The number of nitrogens with one attached hydrogen (secondary N) is 1.